The lowest BCUT2D eigenvalue weighted by Crippen LogP contribution is -2.26. The van der Waals surface area contributed by atoms with Gasteiger partial charge in [-0.3, -0.25) is 0 Å². The van der Waals surface area contributed by atoms with Gasteiger partial charge in [-0.25, -0.2) is 21.8 Å². The molecule has 1 aromatic rings. The van der Waals surface area contributed by atoms with Gasteiger partial charge in [-0.15, -0.1) is 0 Å². The van der Waals surface area contributed by atoms with Crippen molar-refractivity contribution in [3.63, 3.8) is 0 Å². The SMILES string of the molecule is CCS(=O)(=O)CC(C)Nc1ccc(S(C)(=O)=O)nc1. The van der Waals surface area contributed by atoms with E-state index in [9.17, 15) is 16.8 Å². The number of hydrogen-bond donors (Lipinski definition) is 1. The van der Waals surface area contributed by atoms with Crippen molar-refractivity contribution < 1.29 is 16.8 Å². The fourth-order valence-corrected chi connectivity index (χ4v) is 3.15. The van der Waals surface area contributed by atoms with Gasteiger partial charge in [0.25, 0.3) is 0 Å². The van der Waals surface area contributed by atoms with E-state index < -0.39 is 19.7 Å². The highest BCUT2D eigenvalue weighted by atomic mass is 32.2. The van der Waals surface area contributed by atoms with Crippen LogP contribution in [0.25, 0.3) is 0 Å². The summed E-state index contributed by atoms with van der Waals surface area (Å²) in [6.07, 6.45) is 2.46. The van der Waals surface area contributed by atoms with Crippen molar-refractivity contribution in [2.45, 2.75) is 24.9 Å². The number of hydrogen-bond acceptors (Lipinski definition) is 6. The Morgan fingerprint density at radius 2 is 1.89 bits per heavy atom. The predicted octanol–water partition coefficient (Wildman–Crippen LogP) is 0.720. The Labute approximate surface area is 114 Å². The van der Waals surface area contributed by atoms with E-state index in [4.69, 9.17) is 0 Å². The summed E-state index contributed by atoms with van der Waals surface area (Å²) in [4.78, 5) is 3.82. The molecule has 6 nitrogen and oxygen atoms in total. The molecule has 0 radical (unpaired) electrons. The van der Waals surface area contributed by atoms with Crippen LogP contribution in [0.1, 0.15) is 13.8 Å². The predicted molar refractivity (Wildman–Crippen MR) is 74.8 cm³/mol. The largest absolute Gasteiger partial charge is 0.380 e. The summed E-state index contributed by atoms with van der Waals surface area (Å²) in [7, 11) is -6.36. The van der Waals surface area contributed by atoms with Crippen molar-refractivity contribution in [3.05, 3.63) is 18.3 Å². The van der Waals surface area contributed by atoms with Crippen molar-refractivity contribution in [3.8, 4) is 0 Å². The third-order valence-electron chi connectivity index (χ3n) is 2.47. The lowest BCUT2D eigenvalue weighted by Gasteiger charge is -2.14. The van der Waals surface area contributed by atoms with E-state index in [0.717, 1.165) is 6.26 Å². The molecule has 1 aromatic heterocycles. The van der Waals surface area contributed by atoms with Crippen molar-refractivity contribution >= 4 is 25.4 Å². The van der Waals surface area contributed by atoms with Gasteiger partial charge in [0, 0.05) is 18.1 Å². The molecule has 1 unspecified atom stereocenters. The Balaban J connectivity index is 2.74. The number of nitrogens with zero attached hydrogens (tertiary/aromatic N) is 1. The lowest BCUT2D eigenvalue weighted by molar-refractivity contribution is 0.593. The van der Waals surface area contributed by atoms with Gasteiger partial charge in [0.1, 0.15) is 0 Å². The van der Waals surface area contributed by atoms with E-state index in [0.29, 0.717) is 5.69 Å². The molecule has 0 saturated heterocycles. The summed E-state index contributed by atoms with van der Waals surface area (Å²) in [5.41, 5.74) is 0.589. The van der Waals surface area contributed by atoms with Gasteiger partial charge >= 0.3 is 0 Å². The number of pyridine rings is 1. The molecule has 0 spiro atoms. The van der Waals surface area contributed by atoms with E-state index >= 15 is 0 Å². The number of rotatable bonds is 6. The highest BCUT2D eigenvalue weighted by Gasteiger charge is 2.14. The first kappa shape index (κ1) is 15.9. The Bertz CT molecular complexity index is 621. The molecular weight excluding hydrogens is 288 g/mol. The minimum absolute atomic E-state index is 0.00752. The molecule has 0 fully saturated rings. The number of sulfone groups is 2. The molecule has 0 aliphatic rings. The Morgan fingerprint density at radius 1 is 1.26 bits per heavy atom. The maximum absolute atomic E-state index is 11.5. The van der Waals surface area contributed by atoms with Crippen molar-refractivity contribution in [1.29, 1.82) is 0 Å². The van der Waals surface area contributed by atoms with Crippen LogP contribution in [-0.2, 0) is 19.7 Å². The molecule has 1 rings (SSSR count). The molecule has 108 valence electrons. The molecule has 0 bridgehead atoms. The Morgan fingerprint density at radius 3 is 2.32 bits per heavy atom. The van der Waals surface area contributed by atoms with Crippen molar-refractivity contribution in [2.75, 3.05) is 23.1 Å². The van der Waals surface area contributed by atoms with Gasteiger partial charge in [0.2, 0.25) is 0 Å². The maximum atomic E-state index is 11.5. The topological polar surface area (TPSA) is 93.2 Å². The molecule has 1 N–H and O–H groups in total. The van der Waals surface area contributed by atoms with Gasteiger partial charge in [-0.1, -0.05) is 6.92 Å². The molecule has 19 heavy (non-hydrogen) atoms. The average molecular weight is 306 g/mol. The summed E-state index contributed by atoms with van der Waals surface area (Å²) in [6, 6.07) is 2.69. The Kier molecular flexibility index (Phi) is 4.92. The second-order valence-corrected chi connectivity index (χ2v) is 8.76. The molecular formula is C11H18N2O4S2. The van der Waals surface area contributed by atoms with E-state index in [1.807, 2.05) is 0 Å². The minimum atomic E-state index is -3.32. The molecule has 8 heteroatoms. The molecule has 0 saturated carbocycles. The van der Waals surface area contributed by atoms with Crippen LogP contribution in [0.3, 0.4) is 0 Å². The summed E-state index contributed by atoms with van der Waals surface area (Å²) >= 11 is 0. The molecule has 0 aromatic carbocycles. The molecule has 0 aliphatic heterocycles. The van der Waals surface area contributed by atoms with Gasteiger partial charge in [0.15, 0.2) is 24.7 Å². The first-order valence-corrected chi connectivity index (χ1v) is 9.48. The van der Waals surface area contributed by atoms with E-state index in [-0.39, 0.29) is 22.6 Å². The van der Waals surface area contributed by atoms with Crippen LogP contribution in [0.4, 0.5) is 5.69 Å². The Hall–Kier alpha value is -1.15. The van der Waals surface area contributed by atoms with Crippen molar-refractivity contribution in [1.82, 2.24) is 4.98 Å². The first-order valence-electron chi connectivity index (χ1n) is 5.77. The summed E-state index contributed by atoms with van der Waals surface area (Å²) in [5.74, 6) is 0.127. The minimum Gasteiger partial charge on any atom is -0.380 e. The zero-order valence-corrected chi connectivity index (χ0v) is 12.8. The van der Waals surface area contributed by atoms with Crippen LogP contribution in [0.15, 0.2) is 23.4 Å². The van der Waals surface area contributed by atoms with Crippen LogP contribution in [-0.4, -0.2) is 45.6 Å². The van der Waals surface area contributed by atoms with E-state index in [2.05, 4.69) is 10.3 Å². The van der Waals surface area contributed by atoms with Gasteiger partial charge in [-0.2, -0.15) is 0 Å². The van der Waals surface area contributed by atoms with Gasteiger partial charge < -0.3 is 5.32 Å². The lowest BCUT2D eigenvalue weighted by atomic mass is 10.3. The normalized spacial score (nSPS) is 14.1. The van der Waals surface area contributed by atoms with Crippen LogP contribution in [0.5, 0.6) is 0 Å². The van der Waals surface area contributed by atoms with E-state index in [1.165, 1.54) is 12.3 Å². The quantitative estimate of drug-likeness (QED) is 0.832. The maximum Gasteiger partial charge on any atom is 0.192 e. The molecule has 1 heterocycles. The second kappa shape index (κ2) is 5.87. The van der Waals surface area contributed by atoms with Crippen LogP contribution in [0, 0.1) is 0 Å². The highest BCUT2D eigenvalue weighted by molar-refractivity contribution is 7.91. The zero-order valence-electron chi connectivity index (χ0n) is 11.1. The van der Waals surface area contributed by atoms with E-state index in [1.54, 1.807) is 19.9 Å². The zero-order chi connectivity index (χ0) is 14.7. The third-order valence-corrected chi connectivity index (χ3v) is 5.36. The summed E-state index contributed by atoms with van der Waals surface area (Å²) in [5, 5.41) is 2.97. The molecule has 0 aliphatic carbocycles. The standard InChI is InChI=1S/C11H18N2O4S2/c1-4-19(16,17)8-9(2)13-10-5-6-11(12-7-10)18(3,14)15/h5-7,9,13H,4,8H2,1-3H3. The number of aromatic nitrogens is 1. The van der Waals surface area contributed by atoms with Crippen molar-refractivity contribution in [2.24, 2.45) is 0 Å². The fraction of sp³-hybridized carbons (Fsp3) is 0.545. The number of anilines is 1. The first-order chi connectivity index (χ1) is 8.64. The van der Waals surface area contributed by atoms with Crippen LogP contribution >= 0.6 is 0 Å². The molecule has 0 amide bonds. The fourth-order valence-electron chi connectivity index (χ4n) is 1.51. The monoisotopic (exact) mass is 306 g/mol. The van der Waals surface area contributed by atoms with Gasteiger partial charge in [-0.05, 0) is 19.1 Å². The number of nitrogens with one attached hydrogen (secondary N) is 1. The highest BCUT2D eigenvalue weighted by Crippen LogP contribution is 2.12. The summed E-state index contributed by atoms with van der Waals surface area (Å²) in [6.45, 7) is 3.35. The summed E-state index contributed by atoms with van der Waals surface area (Å²) < 4.78 is 45.4. The second-order valence-electron chi connectivity index (χ2n) is 4.40. The van der Waals surface area contributed by atoms with Crippen LogP contribution < -0.4 is 5.32 Å². The third kappa shape index (κ3) is 5.15. The average Bonchev–Trinajstić information content (AvgIpc) is 2.27. The van der Waals surface area contributed by atoms with Gasteiger partial charge in [0.05, 0.1) is 17.6 Å². The van der Waals surface area contributed by atoms with Crippen LogP contribution in [0.2, 0.25) is 0 Å². The molecule has 1 atom stereocenters. The smallest absolute Gasteiger partial charge is 0.192 e.